The normalized spacial score (nSPS) is 15.8. The van der Waals surface area contributed by atoms with Crippen LogP contribution in [0.1, 0.15) is 27.6 Å². The van der Waals surface area contributed by atoms with Gasteiger partial charge in [0.15, 0.2) is 5.82 Å². The highest BCUT2D eigenvalue weighted by molar-refractivity contribution is 6.11. The number of amides is 2. The predicted molar refractivity (Wildman–Crippen MR) is 132 cm³/mol. The topological polar surface area (TPSA) is 93.7 Å². The first-order valence-electron chi connectivity index (χ1n) is 11.4. The first-order valence-corrected chi connectivity index (χ1v) is 11.4. The Bertz CT molecular complexity index is 1220. The van der Waals surface area contributed by atoms with E-state index in [9.17, 15) is 9.59 Å². The van der Waals surface area contributed by atoms with E-state index < -0.39 is 0 Å². The number of hydrogen-bond donors (Lipinski definition) is 2. The number of hydrogen-bond acceptors (Lipinski definition) is 7. The van der Waals surface area contributed by atoms with E-state index in [0.29, 0.717) is 28.6 Å². The van der Waals surface area contributed by atoms with E-state index in [-0.39, 0.29) is 11.8 Å². The predicted octanol–water partition coefficient (Wildman–Crippen LogP) is 3.33. The number of carbonyl (C=O) groups is 2. The molecule has 0 unspecified atom stereocenters. The Labute approximate surface area is 198 Å². The Morgan fingerprint density at radius 1 is 1.06 bits per heavy atom. The van der Waals surface area contributed by atoms with Crippen LogP contribution in [0.25, 0.3) is 0 Å². The van der Waals surface area contributed by atoms with Crippen LogP contribution in [0.4, 0.5) is 28.8 Å². The van der Waals surface area contributed by atoms with E-state index in [2.05, 4.69) is 32.4 Å². The van der Waals surface area contributed by atoms with Crippen molar-refractivity contribution in [1.82, 2.24) is 19.8 Å². The summed E-state index contributed by atoms with van der Waals surface area (Å²) >= 11 is 0. The number of piperazine rings is 1. The maximum atomic E-state index is 12.8. The van der Waals surface area contributed by atoms with Crippen LogP contribution < -0.4 is 15.5 Å². The summed E-state index contributed by atoms with van der Waals surface area (Å²) in [6.07, 6.45) is 1.60. The van der Waals surface area contributed by atoms with E-state index in [4.69, 9.17) is 0 Å². The highest BCUT2D eigenvalue weighted by Crippen LogP contribution is 2.35. The van der Waals surface area contributed by atoms with Crippen LogP contribution in [0.3, 0.4) is 0 Å². The number of rotatable bonds is 4. The van der Waals surface area contributed by atoms with Crippen LogP contribution in [0, 0.1) is 0 Å². The minimum atomic E-state index is -0.193. The largest absolute Gasteiger partial charge is 0.336 e. The lowest BCUT2D eigenvalue weighted by atomic mass is 10.1. The van der Waals surface area contributed by atoms with Crippen molar-refractivity contribution < 1.29 is 9.59 Å². The number of para-hydroxylation sites is 1. The summed E-state index contributed by atoms with van der Waals surface area (Å²) in [5.41, 5.74) is 3.32. The second-order valence-corrected chi connectivity index (χ2v) is 8.39. The Morgan fingerprint density at radius 3 is 2.53 bits per heavy atom. The molecule has 0 saturated carbocycles. The third-order valence-electron chi connectivity index (χ3n) is 6.34. The third kappa shape index (κ3) is 4.17. The fourth-order valence-electron chi connectivity index (χ4n) is 4.31. The minimum Gasteiger partial charge on any atom is -0.336 e. The van der Waals surface area contributed by atoms with Gasteiger partial charge in [-0.15, -0.1) is 0 Å². The molecule has 5 rings (SSSR count). The molecule has 2 aliphatic heterocycles. The quantitative estimate of drug-likeness (QED) is 0.621. The lowest BCUT2D eigenvalue weighted by Crippen LogP contribution is -2.48. The van der Waals surface area contributed by atoms with Crippen molar-refractivity contribution >= 4 is 40.6 Å². The number of likely N-dealkylation sites (N-methyl/N-ethyl adjacent to an activating group) is 1. The smallest absolute Gasteiger partial charge is 0.257 e. The molecule has 0 spiro atoms. The maximum absolute atomic E-state index is 12.8. The molecule has 34 heavy (non-hydrogen) atoms. The Morgan fingerprint density at radius 2 is 1.79 bits per heavy atom. The van der Waals surface area contributed by atoms with Crippen molar-refractivity contribution in [3.05, 3.63) is 65.9 Å². The fraction of sp³-hybridized carbons (Fsp3) is 0.280. The molecule has 174 valence electrons. The Kier molecular flexibility index (Phi) is 5.85. The molecule has 2 aliphatic rings. The van der Waals surface area contributed by atoms with Gasteiger partial charge in [0.1, 0.15) is 5.69 Å². The summed E-state index contributed by atoms with van der Waals surface area (Å²) in [7, 11) is 1.87. The lowest BCUT2D eigenvalue weighted by Gasteiger charge is -2.34. The van der Waals surface area contributed by atoms with Gasteiger partial charge in [-0.3, -0.25) is 9.59 Å². The van der Waals surface area contributed by atoms with Gasteiger partial charge in [-0.2, -0.15) is 4.98 Å². The summed E-state index contributed by atoms with van der Waals surface area (Å²) in [5, 5.41) is 6.08. The number of nitrogens with zero attached hydrogens (tertiary/aromatic N) is 5. The Hall–Kier alpha value is -3.98. The number of anilines is 5. The molecular formula is C25H27N7O2. The minimum absolute atomic E-state index is 0.0552. The van der Waals surface area contributed by atoms with Crippen molar-refractivity contribution in [2.24, 2.45) is 0 Å². The third-order valence-corrected chi connectivity index (χ3v) is 6.34. The number of carbonyl (C=O) groups excluding carboxylic acids is 2. The van der Waals surface area contributed by atoms with Gasteiger partial charge < -0.3 is 25.3 Å². The molecule has 1 fully saturated rings. The highest BCUT2D eigenvalue weighted by Gasteiger charge is 2.25. The lowest BCUT2D eigenvalue weighted by molar-refractivity contribution is 0.0643. The van der Waals surface area contributed by atoms with E-state index in [1.807, 2.05) is 59.3 Å². The van der Waals surface area contributed by atoms with Crippen LogP contribution in [0.5, 0.6) is 0 Å². The van der Waals surface area contributed by atoms with E-state index in [1.165, 1.54) is 0 Å². The molecule has 3 aromatic rings. The standard InChI is InChI=1S/C25H27N7O2/c1-3-31-12-14-32(15-13-31)24(34)17-8-10-18(11-9-17)27-25-26-16-20-22(29-25)30(2)21-7-5-4-6-19(21)23(33)28-20/h4-11,16H,3,12-15H2,1-2H3,(H,28,33)(H,26,27,29). The maximum Gasteiger partial charge on any atom is 0.257 e. The highest BCUT2D eigenvalue weighted by atomic mass is 16.2. The molecule has 9 nitrogen and oxygen atoms in total. The van der Waals surface area contributed by atoms with Crippen LogP contribution in [0.15, 0.2) is 54.7 Å². The van der Waals surface area contributed by atoms with Crippen molar-refractivity contribution in [3.63, 3.8) is 0 Å². The van der Waals surface area contributed by atoms with Crippen LogP contribution in [0.2, 0.25) is 0 Å². The fourth-order valence-corrected chi connectivity index (χ4v) is 4.31. The zero-order valence-corrected chi connectivity index (χ0v) is 19.3. The summed E-state index contributed by atoms with van der Waals surface area (Å²) < 4.78 is 0. The van der Waals surface area contributed by atoms with Crippen LogP contribution in [-0.2, 0) is 0 Å². The molecule has 0 bridgehead atoms. The molecule has 0 atom stereocenters. The number of benzene rings is 2. The number of fused-ring (bicyclic) bond motifs is 2. The monoisotopic (exact) mass is 457 g/mol. The molecule has 0 radical (unpaired) electrons. The second kappa shape index (κ2) is 9.11. The zero-order valence-electron chi connectivity index (χ0n) is 19.3. The van der Waals surface area contributed by atoms with Gasteiger partial charge in [-0.1, -0.05) is 19.1 Å². The second-order valence-electron chi connectivity index (χ2n) is 8.39. The summed E-state index contributed by atoms with van der Waals surface area (Å²) in [6.45, 7) is 6.49. The van der Waals surface area contributed by atoms with Crippen LogP contribution >= 0.6 is 0 Å². The zero-order chi connectivity index (χ0) is 23.7. The number of aromatic nitrogens is 2. The molecular weight excluding hydrogens is 430 g/mol. The van der Waals surface area contributed by atoms with Gasteiger partial charge >= 0.3 is 0 Å². The summed E-state index contributed by atoms with van der Waals surface area (Å²) in [5.74, 6) is 0.851. The average molecular weight is 458 g/mol. The average Bonchev–Trinajstić information content (AvgIpc) is 2.99. The molecule has 0 aliphatic carbocycles. The Balaban J connectivity index is 1.31. The van der Waals surface area contributed by atoms with Gasteiger partial charge in [0.2, 0.25) is 5.95 Å². The number of nitrogens with one attached hydrogen (secondary N) is 2. The SMILES string of the molecule is CCN1CCN(C(=O)c2ccc(Nc3ncc4c(n3)N(C)c3ccccc3C(=O)N4)cc2)CC1. The molecule has 1 aromatic heterocycles. The van der Waals surface area contributed by atoms with Gasteiger partial charge in [0, 0.05) is 44.5 Å². The first kappa shape index (κ1) is 21.8. The van der Waals surface area contributed by atoms with Gasteiger partial charge in [-0.25, -0.2) is 4.98 Å². The van der Waals surface area contributed by atoms with Crippen LogP contribution in [-0.4, -0.2) is 71.4 Å². The van der Waals surface area contributed by atoms with E-state index >= 15 is 0 Å². The van der Waals surface area contributed by atoms with Gasteiger partial charge in [-0.05, 0) is 42.9 Å². The van der Waals surface area contributed by atoms with Crippen molar-refractivity contribution in [3.8, 4) is 0 Å². The summed E-state index contributed by atoms with van der Waals surface area (Å²) in [6, 6.07) is 14.7. The van der Waals surface area contributed by atoms with Gasteiger partial charge in [0.05, 0.1) is 17.4 Å². The first-order chi connectivity index (χ1) is 16.5. The van der Waals surface area contributed by atoms with Gasteiger partial charge in [0.25, 0.3) is 11.8 Å². The molecule has 3 heterocycles. The molecule has 2 aromatic carbocycles. The summed E-state index contributed by atoms with van der Waals surface area (Å²) in [4.78, 5) is 40.6. The van der Waals surface area contributed by atoms with Crippen molar-refractivity contribution in [2.75, 3.05) is 55.3 Å². The molecule has 9 heteroatoms. The molecule has 1 saturated heterocycles. The van der Waals surface area contributed by atoms with Crippen molar-refractivity contribution in [2.45, 2.75) is 6.92 Å². The van der Waals surface area contributed by atoms with Crippen molar-refractivity contribution in [1.29, 1.82) is 0 Å². The molecule has 2 N–H and O–H groups in total. The molecule has 2 amide bonds. The van der Waals surface area contributed by atoms with E-state index in [0.717, 1.165) is 44.1 Å². The van der Waals surface area contributed by atoms with E-state index in [1.54, 1.807) is 12.3 Å².